The van der Waals surface area contributed by atoms with Crippen molar-refractivity contribution < 1.29 is 9.53 Å². The van der Waals surface area contributed by atoms with Crippen molar-refractivity contribution in [3.63, 3.8) is 0 Å². The van der Waals surface area contributed by atoms with Crippen LogP contribution in [0.5, 0.6) is 5.75 Å². The second-order valence-corrected chi connectivity index (χ2v) is 9.26. The van der Waals surface area contributed by atoms with Gasteiger partial charge in [0.05, 0.1) is 12.8 Å². The minimum atomic E-state index is 0.0136. The monoisotopic (exact) mass is 469 g/mol. The van der Waals surface area contributed by atoms with Crippen molar-refractivity contribution in [2.75, 3.05) is 25.1 Å². The molecule has 1 fully saturated rings. The van der Waals surface area contributed by atoms with Gasteiger partial charge in [0.2, 0.25) is 5.91 Å². The molecule has 0 unspecified atom stereocenters. The summed E-state index contributed by atoms with van der Waals surface area (Å²) in [5.74, 6) is 1.87. The number of piperidine rings is 1. The first-order valence-electron chi connectivity index (χ1n) is 12.1. The number of nitrogens with zero attached hydrogens (tertiary/aromatic N) is 4. The average molecular weight is 470 g/mol. The predicted octanol–water partition coefficient (Wildman–Crippen LogP) is 4.55. The van der Waals surface area contributed by atoms with Crippen molar-refractivity contribution in [2.45, 2.75) is 33.2 Å². The molecule has 1 aliphatic heterocycles. The molecule has 1 saturated heterocycles. The lowest BCUT2D eigenvalue weighted by molar-refractivity contribution is -0.125. The lowest BCUT2D eigenvalue weighted by Crippen LogP contribution is -2.40. The van der Waals surface area contributed by atoms with Gasteiger partial charge in [-0.15, -0.1) is 0 Å². The number of nitrogens with one attached hydrogen (secondary N) is 1. The summed E-state index contributed by atoms with van der Waals surface area (Å²) in [4.78, 5) is 19.8. The van der Waals surface area contributed by atoms with Crippen molar-refractivity contribution in [1.29, 1.82) is 0 Å². The third kappa shape index (κ3) is 4.85. The third-order valence-electron chi connectivity index (χ3n) is 6.83. The van der Waals surface area contributed by atoms with Gasteiger partial charge < -0.3 is 15.0 Å². The molecule has 0 bridgehead atoms. The number of ether oxygens (including phenoxy) is 1. The summed E-state index contributed by atoms with van der Waals surface area (Å²) in [6, 6.07) is 16.3. The van der Waals surface area contributed by atoms with Gasteiger partial charge in [0.1, 0.15) is 11.3 Å². The fourth-order valence-corrected chi connectivity index (χ4v) is 4.73. The lowest BCUT2D eigenvalue weighted by Gasteiger charge is -2.32. The van der Waals surface area contributed by atoms with Crippen molar-refractivity contribution >= 4 is 17.2 Å². The normalized spacial score (nSPS) is 14.3. The number of fused-ring (bicyclic) bond motifs is 1. The van der Waals surface area contributed by atoms with E-state index in [1.165, 1.54) is 11.1 Å². The lowest BCUT2D eigenvalue weighted by atomic mass is 9.95. The van der Waals surface area contributed by atoms with E-state index in [-0.39, 0.29) is 11.8 Å². The predicted molar refractivity (Wildman–Crippen MR) is 138 cm³/mol. The highest BCUT2D eigenvalue weighted by Gasteiger charge is 2.27. The smallest absolute Gasteiger partial charge is 0.223 e. The van der Waals surface area contributed by atoms with Gasteiger partial charge in [-0.2, -0.15) is 5.10 Å². The summed E-state index contributed by atoms with van der Waals surface area (Å²) in [6.07, 6.45) is 5.30. The van der Waals surface area contributed by atoms with E-state index >= 15 is 0 Å². The number of carbonyl (C=O) groups excluding carboxylic acids is 1. The number of carbonyl (C=O) groups is 1. The van der Waals surface area contributed by atoms with Gasteiger partial charge in [-0.25, -0.2) is 9.50 Å². The second-order valence-electron chi connectivity index (χ2n) is 9.26. The molecule has 180 valence electrons. The Morgan fingerprint density at radius 3 is 2.60 bits per heavy atom. The van der Waals surface area contributed by atoms with Crippen LogP contribution >= 0.6 is 0 Å². The van der Waals surface area contributed by atoms with Crippen LogP contribution in [0.2, 0.25) is 0 Å². The maximum absolute atomic E-state index is 12.8. The summed E-state index contributed by atoms with van der Waals surface area (Å²) < 4.78 is 7.10. The SMILES string of the molecule is COc1ccc(CNC(=O)C2CCN(c3nccn4nc(-c5cc(C)ccc5C)cc34)CC2)cc1. The second kappa shape index (κ2) is 9.78. The number of rotatable bonds is 6. The standard InChI is InChI=1S/C28H31N5O2/c1-19-4-5-20(2)24(16-19)25-17-26-27(29-12-15-33(26)31-25)32-13-10-22(11-14-32)28(34)30-18-21-6-8-23(35-3)9-7-21/h4-9,12,15-17,22H,10-11,13-14,18H2,1-3H3,(H,30,34). The van der Waals surface area contributed by atoms with Gasteiger partial charge in [-0.3, -0.25) is 4.79 Å². The molecule has 4 aromatic rings. The molecule has 1 amide bonds. The topological polar surface area (TPSA) is 71.8 Å². The first kappa shape index (κ1) is 22.9. The van der Waals surface area contributed by atoms with Gasteiger partial charge in [0, 0.05) is 43.5 Å². The van der Waals surface area contributed by atoms with E-state index in [2.05, 4.69) is 48.3 Å². The Bertz CT molecular complexity index is 1340. The highest BCUT2D eigenvalue weighted by Crippen LogP contribution is 2.30. The van der Waals surface area contributed by atoms with E-state index in [4.69, 9.17) is 14.8 Å². The average Bonchev–Trinajstić information content (AvgIpc) is 3.33. The minimum Gasteiger partial charge on any atom is -0.497 e. The Labute approximate surface area is 205 Å². The summed E-state index contributed by atoms with van der Waals surface area (Å²) in [5, 5.41) is 7.92. The van der Waals surface area contributed by atoms with Crippen LogP contribution in [-0.4, -0.2) is 40.7 Å². The van der Waals surface area contributed by atoms with Crippen molar-refractivity contribution in [3.8, 4) is 17.0 Å². The largest absolute Gasteiger partial charge is 0.497 e. The van der Waals surface area contributed by atoms with Gasteiger partial charge in [0.25, 0.3) is 0 Å². The zero-order valence-corrected chi connectivity index (χ0v) is 20.5. The number of hydrogen-bond donors (Lipinski definition) is 1. The van der Waals surface area contributed by atoms with E-state index in [0.717, 1.165) is 59.8 Å². The van der Waals surface area contributed by atoms with Crippen LogP contribution in [0.25, 0.3) is 16.8 Å². The number of benzene rings is 2. The maximum atomic E-state index is 12.8. The molecule has 2 aromatic heterocycles. The van der Waals surface area contributed by atoms with Crippen molar-refractivity contribution in [3.05, 3.63) is 77.6 Å². The number of hydrogen-bond acceptors (Lipinski definition) is 5. The molecular formula is C28H31N5O2. The molecule has 0 spiro atoms. The molecule has 2 aromatic carbocycles. The Kier molecular flexibility index (Phi) is 6.40. The highest BCUT2D eigenvalue weighted by molar-refractivity contribution is 5.80. The molecule has 7 nitrogen and oxygen atoms in total. The molecule has 1 aliphatic rings. The van der Waals surface area contributed by atoms with E-state index in [9.17, 15) is 4.79 Å². The number of amides is 1. The Morgan fingerprint density at radius 1 is 1.09 bits per heavy atom. The van der Waals surface area contributed by atoms with Crippen molar-refractivity contribution in [1.82, 2.24) is 19.9 Å². The van der Waals surface area contributed by atoms with Gasteiger partial charge in [-0.05, 0) is 62.1 Å². The fourth-order valence-electron chi connectivity index (χ4n) is 4.73. The third-order valence-corrected chi connectivity index (χ3v) is 6.83. The van der Waals surface area contributed by atoms with Crippen LogP contribution in [0.1, 0.15) is 29.5 Å². The van der Waals surface area contributed by atoms with E-state index < -0.39 is 0 Å². The summed E-state index contributed by atoms with van der Waals surface area (Å²) in [6.45, 7) is 6.32. The zero-order valence-electron chi connectivity index (χ0n) is 20.5. The first-order chi connectivity index (χ1) is 17.0. The van der Waals surface area contributed by atoms with E-state index in [0.29, 0.717) is 6.54 Å². The number of aromatic nitrogens is 3. The Balaban J connectivity index is 1.25. The van der Waals surface area contributed by atoms with Crippen LogP contribution in [0.4, 0.5) is 5.82 Å². The maximum Gasteiger partial charge on any atom is 0.223 e. The minimum absolute atomic E-state index is 0.0136. The quantitative estimate of drug-likeness (QED) is 0.448. The number of aryl methyl sites for hydroxylation is 2. The van der Waals surface area contributed by atoms with Crippen LogP contribution in [0.3, 0.4) is 0 Å². The summed E-state index contributed by atoms with van der Waals surface area (Å²) in [5.41, 5.74) is 6.57. The van der Waals surface area contributed by atoms with Gasteiger partial charge >= 0.3 is 0 Å². The molecule has 0 aliphatic carbocycles. The number of methoxy groups -OCH3 is 1. The van der Waals surface area contributed by atoms with E-state index in [1.54, 1.807) is 13.3 Å². The summed E-state index contributed by atoms with van der Waals surface area (Å²) >= 11 is 0. The highest BCUT2D eigenvalue weighted by atomic mass is 16.5. The van der Waals surface area contributed by atoms with Crippen LogP contribution in [0, 0.1) is 19.8 Å². The molecule has 7 heteroatoms. The number of anilines is 1. The summed E-state index contributed by atoms with van der Waals surface area (Å²) in [7, 11) is 1.65. The van der Waals surface area contributed by atoms with Crippen molar-refractivity contribution in [2.24, 2.45) is 5.92 Å². The zero-order chi connectivity index (χ0) is 24.4. The Morgan fingerprint density at radius 2 is 1.86 bits per heavy atom. The van der Waals surface area contributed by atoms with Crippen LogP contribution < -0.4 is 15.0 Å². The molecule has 0 radical (unpaired) electrons. The first-order valence-corrected chi connectivity index (χ1v) is 12.1. The molecule has 1 N–H and O–H groups in total. The van der Waals surface area contributed by atoms with Crippen LogP contribution in [0.15, 0.2) is 60.9 Å². The fraction of sp³-hybridized carbons (Fsp3) is 0.321. The van der Waals surface area contributed by atoms with Gasteiger partial charge in [-0.1, -0.05) is 29.8 Å². The molecule has 0 saturated carbocycles. The molecular weight excluding hydrogens is 438 g/mol. The molecule has 0 atom stereocenters. The molecule has 3 heterocycles. The molecule has 5 rings (SSSR count). The van der Waals surface area contributed by atoms with E-state index in [1.807, 2.05) is 35.0 Å². The Hall–Kier alpha value is -3.87. The van der Waals surface area contributed by atoms with Gasteiger partial charge in [0.15, 0.2) is 5.82 Å². The van der Waals surface area contributed by atoms with Crippen LogP contribution in [-0.2, 0) is 11.3 Å². The molecule has 35 heavy (non-hydrogen) atoms.